The zero-order chi connectivity index (χ0) is 32.6. The number of nitrogens with zero attached hydrogens (tertiary/aromatic N) is 4. The van der Waals surface area contributed by atoms with Crippen molar-refractivity contribution in [3.05, 3.63) is 89.5 Å². The first-order chi connectivity index (χ1) is 23.0. The highest BCUT2D eigenvalue weighted by molar-refractivity contribution is 6.01. The quantitative estimate of drug-likeness (QED) is 0.270. The topological polar surface area (TPSA) is 142 Å². The average Bonchev–Trinajstić information content (AvgIpc) is 3.67. The lowest BCUT2D eigenvalue weighted by molar-refractivity contribution is -0.129. The minimum atomic E-state index is -0.511. The number of hydrogen-bond acceptors (Lipinski definition) is 8. The molecule has 6 rings (SSSR count). The van der Waals surface area contributed by atoms with Crippen LogP contribution in [0.5, 0.6) is 0 Å². The minimum Gasteiger partial charge on any atom is -0.336 e. The number of carbonyl (C=O) groups is 3. The third-order valence-electron chi connectivity index (χ3n) is 9.62. The Hall–Kier alpha value is -4.54. The van der Waals surface area contributed by atoms with Gasteiger partial charge >= 0.3 is 0 Å². The fourth-order valence-corrected chi connectivity index (χ4v) is 6.69. The molecule has 244 valence electrons. The molecule has 2 amide bonds. The number of nitrogens with one attached hydrogen (secondary N) is 2. The molecule has 0 aromatic heterocycles. The van der Waals surface area contributed by atoms with Gasteiger partial charge < -0.3 is 21.3 Å². The summed E-state index contributed by atoms with van der Waals surface area (Å²) in [4.78, 5) is 46.2. The number of amidine groups is 1. The molecule has 1 atom stereocenters. The van der Waals surface area contributed by atoms with E-state index in [9.17, 15) is 14.4 Å². The lowest BCUT2D eigenvalue weighted by atomic mass is 9.77. The maximum atomic E-state index is 13.7. The fourth-order valence-electron chi connectivity index (χ4n) is 6.69. The van der Waals surface area contributed by atoms with Crippen LogP contribution in [0.25, 0.3) is 11.1 Å². The summed E-state index contributed by atoms with van der Waals surface area (Å²) in [5.74, 6) is 0.589. The number of amides is 2. The molecule has 1 aliphatic carbocycles. The van der Waals surface area contributed by atoms with Crippen LogP contribution < -0.4 is 16.4 Å². The van der Waals surface area contributed by atoms with Gasteiger partial charge in [-0.15, -0.1) is 5.11 Å². The Labute approximate surface area is 275 Å². The molecule has 2 aliphatic heterocycles. The van der Waals surface area contributed by atoms with Crippen molar-refractivity contribution in [3.63, 3.8) is 0 Å². The first-order valence-corrected chi connectivity index (χ1v) is 16.7. The zero-order valence-corrected chi connectivity index (χ0v) is 26.7. The Balaban J connectivity index is 1.13. The molecule has 0 spiro atoms. The maximum Gasteiger partial charge on any atom is 0.253 e. The van der Waals surface area contributed by atoms with Gasteiger partial charge in [0.05, 0.1) is 0 Å². The molecule has 1 saturated heterocycles. The van der Waals surface area contributed by atoms with Crippen molar-refractivity contribution < 1.29 is 14.4 Å². The summed E-state index contributed by atoms with van der Waals surface area (Å²) >= 11 is 0. The molecule has 2 heterocycles. The average molecular weight is 634 g/mol. The Morgan fingerprint density at radius 1 is 0.851 bits per heavy atom. The number of aliphatic imine (C=N–C) groups is 1. The third-order valence-corrected chi connectivity index (χ3v) is 9.62. The highest BCUT2D eigenvalue weighted by Gasteiger charge is 2.30. The van der Waals surface area contributed by atoms with E-state index in [-0.39, 0.29) is 29.9 Å². The van der Waals surface area contributed by atoms with E-state index in [0.717, 1.165) is 74.1 Å². The molecule has 0 radical (unpaired) electrons. The highest BCUT2D eigenvalue weighted by Crippen LogP contribution is 2.31. The van der Waals surface area contributed by atoms with Gasteiger partial charge in [0.2, 0.25) is 5.91 Å². The van der Waals surface area contributed by atoms with E-state index in [4.69, 9.17) is 5.73 Å². The number of ketones is 1. The van der Waals surface area contributed by atoms with E-state index >= 15 is 0 Å². The molecule has 1 saturated carbocycles. The molecule has 47 heavy (non-hydrogen) atoms. The van der Waals surface area contributed by atoms with Gasteiger partial charge in [-0.05, 0) is 97.7 Å². The molecular formula is C37H43N7O3. The summed E-state index contributed by atoms with van der Waals surface area (Å²) in [6.07, 6.45) is 4.26. The molecule has 10 heteroatoms. The van der Waals surface area contributed by atoms with Crippen molar-refractivity contribution in [2.45, 2.75) is 38.5 Å². The zero-order valence-electron chi connectivity index (χ0n) is 26.7. The number of hydrogen-bond donors (Lipinski definition) is 3. The lowest BCUT2D eigenvalue weighted by Crippen LogP contribution is -2.46. The monoisotopic (exact) mass is 633 g/mol. The standard InChI is InChI=1S/C37H43N7O3/c38-23-26-3-7-29(8-4-26)34(45)22-32(36(46)42-33-15-13-30(14-16-33)35-40-24-41-43-35)21-25-1-5-27(6-2-25)28-9-11-31(12-10-28)37(47)44-19-17-39-18-20-44/h1-2,5-6,9-16,26,29,32,39H,3-4,7-8,17-24,38H2,(H,42,46)/t26?,29?,32-/m1/s1. The van der Waals surface area contributed by atoms with Crippen LogP contribution in [-0.4, -0.2) is 67.7 Å². The molecule has 2 fully saturated rings. The van der Waals surface area contributed by atoms with Gasteiger partial charge in [-0.25, -0.2) is 4.99 Å². The van der Waals surface area contributed by atoms with Gasteiger partial charge in [-0.3, -0.25) is 14.4 Å². The number of Topliss-reactive ketones (excluding diaryl/α,β-unsaturated/α-hetero) is 1. The van der Waals surface area contributed by atoms with Gasteiger partial charge in [0.1, 0.15) is 5.78 Å². The molecule has 10 nitrogen and oxygen atoms in total. The van der Waals surface area contributed by atoms with E-state index in [1.165, 1.54) is 0 Å². The highest BCUT2D eigenvalue weighted by atomic mass is 16.2. The van der Waals surface area contributed by atoms with Gasteiger partial charge in [0, 0.05) is 61.2 Å². The van der Waals surface area contributed by atoms with Crippen LogP contribution in [0.15, 0.2) is 88.0 Å². The molecule has 3 aliphatic rings. The Morgan fingerprint density at radius 2 is 1.49 bits per heavy atom. The summed E-state index contributed by atoms with van der Waals surface area (Å²) in [6, 6.07) is 23.2. The van der Waals surface area contributed by atoms with Crippen LogP contribution in [-0.2, 0) is 16.0 Å². The predicted molar refractivity (Wildman–Crippen MR) is 183 cm³/mol. The molecule has 0 unspecified atom stereocenters. The summed E-state index contributed by atoms with van der Waals surface area (Å²) < 4.78 is 0. The molecule has 0 bridgehead atoms. The Kier molecular flexibility index (Phi) is 10.6. The van der Waals surface area contributed by atoms with E-state index in [0.29, 0.717) is 42.6 Å². The van der Waals surface area contributed by atoms with E-state index < -0.39 is 5.92 Å². The van der Waals surface area contributed by atoms with E-state index in [1.807, 2.05) is 77.7 Å². The van der Waals surface area contributed by atoms with Crippen LogP contribution in [0.4, 0.5) is 5.69 Å². The third kappa shape index (κ3) is 8.25. The summed E-state index contributed by atoms with van der Waals surface area (Å²) in [5, 5.41) is 14.3. The number of nitrogens with two attached hydrogens (primary N) is 1. The summed E-state index contributed by atoms with van der Waals surface area (Å²) in [7, 11) is 0. The van der Waals surface area contributed by atoms with Crippen molar-refractivity contribution in [2.75, 3.05) is 44.7 Å². The van der Waals surface area contributed by atoms with Crippen LogP contribution in [0.1, 0.15) is 53.6 Å². The molecule has 4 N–H and O–H groups in total. The van der Waals surface area contributed by atoms with Crippen molar-refractivity contribution in [2.24, 2.45) is 38.7 Å². The normalized spacial score (nSPS) is 20.0. The smallest absolute Gasteiger partial charge is 0.253 e. The molecular weight excluding hydrogens is 590 g/mol. The molecule has 3 aromatic rings. The van der Waals surface area contributed by atoms with Crippen LogP contribution >= 0.6 is 0 Å². The maximum absolute atomic E-state index is 13.7. The fraction of sp³-hybridized carbons (Fsp3) is 0.405. The number of piperazine rings is 1. The molecule has 3 aromatic carbocycles. The summed E-state index contributed by atoms with van der Waals surface area (Å²) in [6.45, 7) is 4.08. The van der Waals surface area contributed by atoms with Gasteiger partial charge in [0.15, 0.2) is 12.5 Å². The Bertz CT molecular complexity index is 1600. The van der Waals surface area contributed by atoms with Crippen molar-refractivity contribution in [3.8, 4) is 11.1 Å². The predicted octanol–water partition coefficient (Wildman–Crippen LogP) is 5.09. The van der Waals surface area contributed by atoms with Gasteiger partial charge in [0.25, 0.3) is 5.91 Å². The SMILES string of the molecule is NCC1CCC(C(=O)C[C@@H](Cc2ccc(-c3ccc(C(=O)N4CCNCC4)cc3)cc2)C(=O)Nc2ccc(C3=NCN=N3)cc2)CC1. The van der Waals surface area contributed by atoms with Crippen LogP contribution in [0.2, 0.25) is 0 Å². The number of benzene rings is 3. The Morgan fingerprint density at radius 3 is 2.11 bits per heavy atom. The van der Waals surface area contributed by atoms with Crippen molar-refractivity contribution in [1.29, 1.82) is 0 Å². The van der Waals surface area contributed by atoms with Crippen LogP contribution in [0, 0.1) is 17.8 Å². The first-order valence-electron chi connectivity index (χ1n) is 16.7. The number of anilines is 1. The number of rotatable bonds is 11. The largest absolute Gasteiger partial charge is 0.336 e. The van der Waals surface area contributed by atoms with E-state index in [1.54, 1.807) is 0 Å². The van der Waals surface area contributed by atoms with E-state index in [2.05, 4.69) is 25.9 Å². The van der Waals surface area contributed by atoms with Gasteiger partial charge in [-0.2, -0.15) is 5.11 Å². The second kappa shape index (κ2) is 15.4. The minimum absolute atomic E-state index is 0.0162. The van der Waals surface area contributed by atoms with Crippen molar-refractivity contribution >= 4 is 29.1 Å². The number of carbonyl (C=O) groups excluding carboxylic acids is 3. The van der Waals surface area contributed by atoms with Crippen molar-refractivity contribution in [1.82, 2.24) is 10.2 Å². The lowest BCUT2D eigenvalue weighted by Gasteiger charge is -2.27. The second-order valence-electron chi connectivity index (χ2n) is 12.8. The van der Waals surface area contributed by atoms with Crippen LogP contribution in [0.3, 0.4) is 0 Å². The summed E-state index contributed by atoms with van der Waals surface area (Å²) in [5.41, 5.74) is 11.1. The van der Waals surface area contributed by atoms with Gasteiger partial charge in [-0.1, -0.05) is 36.4 Å². The number of azo groups is 1. The first kappa shape index (κ1) is 32.4. The second-order valence-corrected chi connectivity index (χ2v) is 12.8.